The lowest BCUT2D eigenvalue weighted by Crippen LogP contribution is -1.68. The van der Waals surface area contributed by atoms with Crippen molar-refractivity contribution in [2.24, 2.45) is 0 Å². The van der Waals surface area contributed by atoms with Crippen molar-refractivity contribution in [3.05, 3.63) is 18.6 Å². The Hall–Kier alpha value is -0.260. The maximum atomic E-state index is 3.77. The van der Waals surface area contributed by atoms with Gasteiger partial charge in [0.25, 0.3) is 0 Å². The predicted molar refractivity (Wildman–Crippen MR) is 36.5 cm³/mol. The lowest BCUT2D eigenvalue weighted by atomic mass is 10.2. The van der Waals surface area contributed by atoms with Crippen LogP contribution in [0.25, 0.3) is 0 Å². The Balaban J connectivity index is 2.33. The molecule has 0 aromatic rings. The molecule has 1 saturated carbocycles. The summed E-state index contributed by atoms with van der Waals surface area (Å²) in [5.41, 5.74) is 1.64. The molecule has 0 heterocycles. The highest BCUT2D eigenvalue weighted by Gasteiger charge is 2.03. The molecule has 1 radical (unpaired) electrons. The van der Waals surface area contributed by atoms with Gasteiger partial charge in [-0.1, -0.05) is 11.6 Å². The second-order valence-corrected chi connectivity index (χ2v) is 2.36. The zero-order valence-corrected chi connectivity index (χ0v) is 5.32. The van der Waals surface area contributed by atoms with Gasteiger partial charge >= 0.3 is 0 Å². The van der Waals surface area contributed by atoms with Gasteiger partial charge in [-0.3, -0.25) is 0 Å². The van der Waals surface area contributed by atoms with Crippen LogP contribution >= 0.6 is 0 Å². The quantitative estimate of drug-likeness (QED) is 0.454. The molecule has 1 fully saturated rings. The molecular formula is C8H13. The Morgan fingerprint density at radius 1 is 1.38 bits per heavy atom. The fourth-order valence-corrected chi connectivity index (χ4v) is 1.24. The van der Waals surface area contributed by atoms with Crippen molar-refractivity contribution in [3.63, 3.8) is 0 Å². The molecule has 0 nitrogen and oxygen atoms in total. The van der Waals surface area contributed by atoms with E-state index < -0.39 is 0 Å². The number of allylic oxidation sites excluding steroid dienone is 2. The first kappa shape index (κ1) is 5.87. The van der Waals surface area contributed by atoms with E-state index in [4.69, 9.17) is 0 Å². The van der Waals surface area contributed by atoms with Crippen molar-refractivity contribution in [2.75, 3.05) is 0 Å². The van der Waals surface area contributed by atoms with Crippen LogP contribution < -0.4 is 0 Å². The monoisotopic (exact) mass is 109 g/mol. The zero-order valence-electron chi connectivity index (χ0n) is 5.32. The lowest BCUT2D eigenvalue weighted by Gasteiger charge is -1.89. The highest BCUT2D eigenvalue weighted by atomic mass is 14.1. The summed E-state index contributed by atoms with van der Waals surface area (Å²) in [4.78, 5) is 0. The molecule has 0 N–H and O–H groups in total. The van der Waals surface area contributed by atoms with E-state index in [9.17, 15) is 0 Å². The van der Waals surface area contributed by atoms with Gasteiger partial charge in [0.2, 0.25) is 0 Å². The third-order valence-electron chi connectivity index (χ3n) is 1.68. The Morgan fingerprint density at radius 3 is 2.50 bits per heavy atom. The molecule has 0 aromatic carbocycles. The van der Waals surface area contributed by atoms with Crippen molar-refractivity contribution in [1.29, 1.82) is 0 Å². The van der Waals surface area contributed by atoms with Gasteiger partial charge in [-0.25, -0.2) is 0 Å². The summed E-state index contributed by atoms with van der Waals surface area (Å²) in [6.45, 7) is 3.77. The summed E-state index contributed by atoms with van der Waals surface area (Å²) in [5.74, 6) is 0. The van der Waals surface area contributed by atoms with Gasteiger partial charge in [0.1, 0.15) is 0 Å². The Bertz CT molecular complexity index is 82.2. The van der Waals surface area contributed by atoms with E-state index in [1.807, 2.05) is 0 Å². The van der Waals surface area contributed by atoms with Crippen LogP contribution in [0.5, 0.6) is 0 Å². The van der Waals surface area contributed by atoms with E-state index in [0.717, 1.165) is 6.42 Å². The standard InChI is InChI=1S/C8H13/c1-2-5-8-6-3-4-7-8/h5H,1-4,6-7H2. The third kappa shape index (κ3) is 1.36. The van der Waals surface area contributed by atoms with E-state index >= 15 is 0 Å². The van der Waals surface area contributed by atoms with Crippen LogP contribution in [0.4, 0.5) is 0 Å². The third-order valence-corrected chi connectivity index (χ3v) is 1.68. The van der Waals surface area contributed by atoms with Gasteiger partial charge in [-0.15, -0.1) is 0 Å². The molecule has 1 rings (SSSR count). The fraction of sp³-hybridized carbons (Fsp3) is 0.625. The van der Waals surface area contributed by atoms with E-state index in [1.54, 1.807) is 5.57 Å². The normalized spacial score (nSPS) is 19.4. The van der Waals surface area contributed by atoms with Crippen molar-refractivity contribution in [3.8, 4) is 0 Å². The van der Waals surface area contributed by atoms with Crippen LogP contribution in [0.15, 0.2) is 11.6 Å². The smallest absolute Gasteiger partial charge is 0.0320 e. The highest BCUT2D eigenvalue weighted by molar-refractivity contribution is 5.05. The average Bonchev–Trinajstić information content (AvgIpc) is 2.19. The summed E-state index contributed by atoms with van der Waals surface area (Å²) in [5, 5.41) is 0. The van der Waals surface area contributed by atoms with E-state index in [0.29, 0.717) is 0 Å². The molecule has 0 amide bonds. The second kappa shape index (κ2) is 2.91. The van der Waals surface area contributed by atoms with Crippen molar-refractivity contribution in [1.82, 2.24) is 0 Å². The largest absolute Gasteiger partial charge is 0.0853 e. The topological polar surface area (TPSA) is 0 Å². The number of rotatable bonds is 1. The molecule has 0 saturated heterocycles. The first-order valence-electron chi connectivity index (χ1n) is 3.40. The van der Waals surface area contributed by atoms with E-state index in [1.165, 1.54) is 25.7 Å². The fourth-order valence-electron chi connectivity index (χ4n) is 1.24. The molecule has 45 valence electrons. The van der Waals surface area contributed by atoms with Crippen LogP contribution in [-0.2, 0) is 0 Å². The maximum Gasteiger partial charge on any atom is -0.0320 e. The summed E-state index contributed by atoms with van der Waals surface area (Å²) in [6.07, 6.45) is 8.76. The summed E-state index contributed by atoms with van der Waals surface area (Å²) in [7, 11) is 0. The van der Waals surface area contributed by atoms with Gasteiger partial charge in [-0.2, -0.15) is 0 Å². The SMILES string of the molecule is [CH2]CC=C1CCCC1. The van der Waals surface area contributed by atoms with Gasteiger partial charge in [-0.05, 0) is 39.0 Å². The van der Waals surface area contributed by atoms with Gasteiger partial charge in [0, 0.05) is 0 Å². The molecule has 0 heteroatoms. The minimum absolute atomic E-state index is 0.981. The Morgan fingerprint density at radius 2 is 2.00 bits per heavy atom. The highest BCUT2D eigenvalue weighted by Crippen LogP contribution is 2.23. The molecule has 0 unspecified atom stereocenters. The first-order valence-corrected chi connectivity index (χ1v) is 3.40. The summed E-state index contributed by atoms with van der Waals surface area (Å²) < 4.78 is 0. The maximum absolute atomic E-state index is 3.77. The molecule has 0 aromatic heterocycles. The molecule has 8 heavy (non-hydrogen) atoms. The van der Waals surface area contributed by atoms with Crippen LogP contribution in [0.1, 0.15) is 32.1 Å². The Kier molecular flexibility index (Phi) is 2.13. The van der Waals surface area contributed by atoms with E-state index in [2.05, 4.69) is 13.0 Å². The number of hydrogen-bond acceptors (Lipinski definition) is 0. The molecule has 0 spiro atoms. The first-order chi connectivity index (χ1) is 3.93. The molecule has 0 atom stereocenters. The zero-order chi connectivity index (χ0) is 5.82. The molecule has 1 aliphatic rings. The molecular weight excluding hydrogens is 96.1 g/mol. The summed E-state index contributed by atoms with van der Waals surface area (Å²) >= 11 is 0. The predicted octanol–water partition coefficient (Wildman–Crippen LogP) is 2.71. The van der Waals surface area contributed by atoms with Crippen molar-refractivity contribution >= 4 is 0 Å². The minimum atomic E-state index is 0.981. The van der Waals surface area contributed by atoms with Crippen molar-refractivity contribution < 1.29 is 0 Å². The van der Waals surface area contributed by atoms with E-state index in [-0.39, 0.29) is 0 Å². The van der Waals surface area contributed by atoms with Crippen LogP contribution in [0, 0.1) is 6.92 Å². The van der Waals surface area contributed by atoms with Crippen LogP contribution in [0.2, 0.25) is 0 Å². The molecule has 1 aliphatic carbocycles. The van der Waals surface area contributed by atoms with Gasteiger partial charge < -0.3 is 0 Å². The lowest BCUT2D eigenvalue weighted by molar-refractivity contribution is 0.886. The van der Waals surface area contributed by atoms with Crippen LogP contribution in [0.3, 0.4) is 0 Å². The second-order valence-electron chi connectivity index (χ2n) is 2.36. The molecule has 0 bridgehead atoms. The average molecular weight is 109 g/mol. The van der Waals surface area contributed by atoms with Crippen molar-refractivity contribution in [2.45, 2.75) is 32.1 Å². The number of hydrogen-bond donors (Lipinski definition) is 0. The van der Waals surface area contributed by atoms with Gasteiger partial charge in [0.05, 0.1) is 0 Å². The van der Waals surface area contributed by atoms with Crippen LogP contribution in [-0.4, -0.2) is 0 Å². The minimum Gasteiger partial charge on any atom is -0.0853 e. The molecule has 0 aliphatic heterocycles. The Labute approximate surface area is 51.6 Å². The summed E-state index contributed by atoms with van der Waals surface area (Å²) in [6, 6.07) is 0. The van der Waals surface area contributed by atoms with Gasteiger partial charge in [0.15, 0.2) is 0 Å².